The Hall–Kier alpha value is -0.660. The summed E-state index contributed by atoms with van der Waals surface area (Å²) >= 11 is 0. The molecule has 0 saturated heterocycles. The molecule has 3 unspecified atom stereocenters. The molecule has 0 bridgehead atoms. The molecule has 0 spiro atoms. The summed E-state index contributed by atoms with van der Waals surface area (Å²) < 4.78 is 0. The Morgan fingerprint density at radius 1 is 1.14 bits per heavy atom. The number of carbonyl (C=O) groups is 2. The fourth-order valence-electron chi connectivity index (χ4n) is 3.11. The monoisotopic (exact) mass is 194 g/mol. The molecule has 14 heavy (non-hydrogen) atoms. The van der Waals surface area contributed by atoms with Crippen molar-refractivity contribution in [2.75, 3.05) is 0 Å². The standard InChI is InChI=1S/C12H18O2/c1-8(13)10-7-6-9-4-2-3-5-11(9)12(10)14/h9-11H,2-7H2,1H3. The van der Waals surface area contributed by atoms with Gasteiger partial charge in [0.2, 0.25) is 0 Å². The summed E-state index contributed by atoms with van der Waals surface area (Å²) in [5, 5.41) is 0. The lowest BCUT2D eigenvalue weighted by molar-refractivity contribution is -0.139. The maximum absolute atomic E-state index is 12.0. The van der Waals surface area contributed by atoms with Crippen LogP contribution in [0.5, 0.6) is 0 Å². The molecule has 2 aliphatic carbocycles. The molecule has 0 heterocycles. The third-order valence-corrected chi connectivity index (χ3v) is 3.93. The van der Waals surface area contributed by atoms with Crippen LogP contribution in [-0.4, -0.2) is 11.6 Å². The predicted molar refractivity (Wildman–Crippen MR) is 53.9 cm³/mol. The quantitative estimate of drug-likeness (QED) is 0.600. The lowest BCUT2D eigenvalue weighted by atomic mass is 9.66. The summed E-state index contributed by atoms with van der Waals surface area (Å²) in [7, 11) is 0. The van der Waals surface area contributed by atoms with Crippen molar-refractivity contribution in [3.05, 3.63) is 0 Å². The van der Waals surface area contributed by atoms with Crippen LogP contribution in [0.25, 0.3) is 0 Å². The zero-order valence-corrected chi connectivity index (χ0v) is 8.79. The highest BCUT2D eigenvalue weighted by atomic mass is 16.1. The first kappa shape index (κ1) is 9.88. The fraction of sp³-hybridized carbons (Fsp3) is 0.833. The number of fused-ring (bicyclic) bond motifs is 1. The van der Waals surface area contributed by atoms with Gasteiger partial charge in [-0.1, -0.05) is 12.8 Å². The fourth-order valence-corrected chi connectivity index (χ4v) is 3.11. The van der Waals surface area contributed by atoms with Crippen molar-refractivity contribution in [2.24, 2.45) is 17.8 Å². The van der Waals surface area contributed by atoms with Crippen LogP contribution in [-0.2, 0) is 9.59 Å². The first-order valence-corrected chi connectivity index (χ1v) is 5.74. The van der Waals surface area contributed by atoms with E-state index in [2.05, 4.69) is 0 Å². The topological polar surface area (TPSA) is 34.1 Å². The second-order valence-corrected chi connectivity index (χ2v) is 4.79. The van der Waals surface area contributed by atoms with E-state index in [1.165, 1.54) is 19.3 Å². The Balaban J connectivity index is 2.10. The van der Waals surface area contributed by atoms with Gasteiger partial charge >= 0.3 is 0 Å². The van der Waals surface area contributed by atoms with Crippen molar-refractivity contribution in [2.45, 2.75) is 45.4 Å². The van der Waals surface area contributed by atoms with Crippen LogP contribution in [0.2, 0.25) is 0 Å². The molecule has 0 aromatic rings. The molecule has 2 rings (SSSR count). The number of Topliss-reactive ketones (excluding diaryl/α,β-unsaturated/α-hetero) is 2. The van der Waals surface area contributed by atoms with Crippen molar-refractivity contribution in [1.82, 2.24) is 0 Å². The average Bonchev–Trinajstić information content (AvgIpc) is 2.18. The van der Waals surface area contributed by atoms with Gasteiger partial charge in [0.05, 0.1) is 5.92 Å². The van der Waals surface area contributed by atoms with E-state index < -0.39 is 0 Å². The summed E-state index contributed by atoms with van der Waals surface area (Å²) in [6, 6.07) is 0. The SMILES string of the molecule is CC(=O)C1CCC2CCCCC2C1=O. The van der Waals surface area contributed by atoms with E-state index in [4.69, 9.17) is 0 Å². The normalized spacial score (nSPS) is 37.8. The zero-order chi connectivity index (χ0) is 10.1. The Labute approximate surface area is 85.1 Å². The third kappa shape index (κ3) is 1.62. The second kappa shape index (κ2) is 3.84. The van der Waals surface area contributed by atoms with Gasteiger partial charge in [-0.25, -0.2) is 0 Å². The van der Waals surface area contributed by atoms with Crippen molar-refractivity contribution in [1.29, 1.82) is 0 Å². The van der Waals surface area contributed by atoms with Gasteiger partial charge < -0.3 is 0 Å². The molecule has 78 valence electrons. The second-order valence-electron chi connectivity index (χ2n) is 4.79. The number of carbonyl (C=O) groups excluding carboxylic acids is 2. The van der Waals surface area contributed by atoms with Gasteiger partial charge in [-0.15, -0.1) is 0 Å². The van der Waals surface area contributed by atoms with Crippen molar-refractivity contribution in [3.8, 4) is 0 Å². The molecule has 2 aliphatic rings. The average molecular weight is 194 g/mol. The molecule has 2 fully saturated rings. The maximum Gasteiger partial charge on any atom is 0.146 e. The van der Waals surface area contributed by atoms with E-state index in [0.29, 0.717) is 5.92 Å². The molecular formula is C12H18O2. The summed E-state index contributed by atoms with van der Waals surface area (Å²) in [4.78, 5) is 23.2. The molecule has 2 saturated carbocycles. The molecule has 0 aromatic carbocycles. The lowest BCUT2D eigenvalue weighted by Crippen LogP contribution is -2.39. The number of hydrogen-bond donors (Lipinski definition) is 0. The molecule has 0 amide bonds. The zero-order valence-electron chi connectivity index (χ0n) is 8.79. The summed E-state index contributed by atoms with van der Waals surface area (Å²) in [5.74, 6) is 0.917. The van der Waals surface area contributed by atoms with Gasteiger partial charge in [-0.2, -0.15) is 0 Å². The highest BCUT2D eigenvalue weighted by Gasteiger charge is 2.40. The van der Waals surface area contributed by atoms with Crippen molar-refractivity contribution in [3.63, 3.8) is 0 Å². The Morgan fingerprint density at radius 3 is 2.57 bits per heavy atom. The molecule has 0 aromatic heterocycles. The van der Waals surface area contributed by atoms with Crippen LogP contribution < -0.4 is 0 Å². The number of ketones is 2. The van der Waals surface area contributed by atoms with Crippen LogP contribution in [0.15, 0.2) is 0 Å². The molecular weight excluding hydrogens is 176 g/mol. The van der Waals surface area contributed by atoms with Crippen LogP contribution in [0, 0.1) is 17.8 Å². The van der Waals surface area contributed by atoms with Crippen LogP contribution in [0.1, 0.15) is 45.4 Å². The van der Waals surface area contributed by atoms with Crippen molar-refractivity contribution >= 4 is 11.6 Å². The van der Waals surface area contributed by atoms with E-state index in [0.717, 1.165) is 19.3 Å². The minimum atomic E-state index is -0.255. The summed E-state index contributed by atoms with van der Waals surface area (Å²) in [5.41, 5.74) is 0. The molecule has 2 heteroatoms. The predicted octanol–water partition coefficient (Wildman–Crippen LogP) is 2.36. The first-order chi connectivity index (χ1) is 6.70. The van der Waals surface area contributed by atoms with Gasteiger partial charge in [-0.3, -0.25) is 9.59 Å². The first-order valence-electron chi connectivity index (χ1n) is 5.74. The molecule has 3 atom stereocenters. The van der Waals surface area contributed by atoms with Crippen molar-refractivity contribution < 1.29 is 9.59 Å². The minimum absolute atomic E-state index is 0.0824. The van der Waals surface area contributed by atoms with Gasteiger partial charge in [0.15, 0.2) is 0 Å². The highest BCUT2D eigenvalue weighted by molar-refractivity contribution is 6.02. The molecule has 0 aliphatic heterocycles. The molecule has 2 nitrogen and oxygen atoms in total. The van der Waals surface area contributed by atoms with E-state index >= 15 is 0 Å². The smallest absolute Gasteiger partial charge is 0.146 e. The molecule has 0 radical (unpaired) electrons. The Kier molecular flexibility index (Phi) is 2.71. The van der Waals surface area contributed by atoms with Crippen LogP contribution in [0.4, 0.5) is 0 Å². The van der Waals surface area contributed by atoms with E-state index in [1.807, 2.05) is 0 Å². The third-order valence-electron chi connectivity index (χ3n) is 3.93. The van der Waals surface area contributed by atoms with Gasteiger partial charge in [-0.05, 0) is 38.5 Å². The summed E-state index contributed by atoms with van der Waals surface area (Å²) in [6.45, 7) is 1.56. The Bertz CT molecular complexity index is 257. The van der Waals surface area contributed by atoms with Gasteiger partial charge in [0.1, 0.15) is 11.6 Å². The Morgan fingerprint density at radius 2 is 1.86 bits per heavy atom. The van der Waals surface area contributed by atoms with Crippen LogP contribution >= 0.6 is 0 Å². The number of hydrogen-bond acceptors (Lipinski definition) is 2. The van der Waals surface area contributed by atoms with E-state index in [-0.39, 0.29) is 23.4 Å². The summed E-state index contributed by atoms with van der Waals surface area (Å²) in [6.07, 6.45) is 6.61. The van der Waals surface area contributed by atoms with Gasteiger partial charge in [0.25, 0.3) is 0 Å². The lowest BCUT2D eigenvalue weighted by Gasteiger charge is -2.37. The maximum atomic E-state index is 12.0. The minimum Gasteiger partial charge on any atom is -0.299 e. The highest BCUT2D eigenvalue weighted by Crippen LogP contribution is 2.40. The van der Waals surface area contributed by atoms with E-state index in [1.54, 1.807) is 6.92 Å². The number of rotatable bonds is 1. The van der Waals surface area contributed by atoms with Gasteiger partial charge in [0, 0.05) is 5.92 Å². The molecule has 0 N–H and O–H groups in total. The van der Waals surface area contributed by atoms with Crippen LogP contribution in [0.3, 0.4) is 0 Å². The van der Waals surface area contributed by atoms with E-state index in [9.17, 15) is 9.59 Å². The largest absolute Gasteiger partial charge is 0.299 e.